The molecule has 1 aliphatic carbocycles. The van der Waals surface area contributed by atoms with Crippen LogP contribution in [0.4, 0.5) is 0 Å². The van der Waals surface area contributed by atoms with Crippen molar-refractivity contribution in [3.05, 3.63) is 35.4 Å². The second-order valence-electron chi connectivity index (χ2n) is 3.77. The summed E-state index contributed by atoms with van der Waals surface area (Å²) in [5.41, 5.74) is 1.07. The SMILES string of the molecule is CCOS(=O)(=O)c1cccc2c1CC=C2C(=O)O. The van der Waals surface area contributed by atoms with Gasteiger partial charge in [-0.05, 0) is 30.5 Å². The fraction of sp³-hybridized carbons (Fsp3) is 0.250. The van der Waals surface area contributed by atoms with Crippen LogP contribution in [0.5, 0.6) is 0 Å². The first-order valence-corrected chi connectivity index (χ1v) is 6.83. The molecule has 0 radical (unpaired) electrons. The Balaban J connectivity index is 2.55. The van der Waals surface area contributed by atoms with Gasteiger partial charge < -0.3 is 5.11 Å². The lowest BCUT2D eigenvalue weighted by atomic mass is 10.1. The molecule has 1 aromatic rings. The van der Waals surface area contributed by atoms with Gasteiger partial charge in [-0.3, -0.25) is 4.18 Å². The Labute approximate surface area is 105 Å². The zero-order valence-corrected chi connectivity index (χ0v) is 10.5. The largest absolute Gasteiger partial charge is 0.478 e. The third-order valence-corrected chi connectivity index (χ3v) is 4.17. The van der Waals surface area contributed by atoms with Crippen molar-refractivity contribution in [2.45, 2.75) is 18.2 Å². The maximum absolute atomic E-state index is 11.9. The molecule has 0 amide bonds. The van der Waals surface area contributed by atoms with Gasteiger partial charge in [0.05, 0.1) is 17.1 Å². The number of hydrogen-bond acceptors (Lipinski definition) is 4. The van der Waals surface area contributed by atoms with Crippen molar-refractivity contribution in [3.63, 3.8) is 0 Å². The van der Waals surface area contributed by atoms with Crippen LogP contribution in [0.25, 0.3) is 5.57 Å². The van der Waals surface area contributed by atoms with Crippen LogP contribution in [-0.2, 0) is 25.5 Å². The molecule has 0 aliphatic heterocycles. The molecule has 5 nitrogen and oxygen atoms in total. The summed E-state index contributed by atoms with van der Waals surface area (Å²) < 4.78 is 28.5. The van der Waals surface area contributed by atoms with Gasteiger partial charge in [-0.1, -0.05) is 18.2 Å². The van der Waals surface area contributed by atoms with Crippen molar-refractivity contribution in [1.29, 1.82) is 0 Å². The van der Waals surface area contributed by atoms with Gasteiger partial charge in [-0.25, -0.2) is 4.79 Å². The molecule has 0 heterocycles. The van der Waals surface area contributed by atoms with Gasteiger partial charge in [0.1, 0.15) is 0 Å². The van der Waals surface area contributed by atoms with Gasteiger partial charge in [0.15, 0.2) is 0 Å². The van der Waals surface area contributed by atoms with Gasteiger partial charge in [0.2, 0.25) is 0 Å². The molecule has 96 valence electrons. The summed E-state index contributed by atoms with van der Waals surface area (Å²) in [7, 11) is -3.81. The fourth-order valence-electron chi connectivity index (χ4n) is 2.00. The van der Waals surface area contributed by atoms with E-state index in [0.29, 0.717) is 17.5 Å². The van der Waals surface area contributed by atoms with Crippen molar-refractivity contribution in [3.8, 4) is 0 Å². The first-order valence-electron chi connectivity index (χ1n) is 5.42. The molecular formula is C12H12O5S. The van der Waals surface area contributed by atoms with Gasteiger partial charge in [-0.15, -0.1) is 0 Å². The number of allylic oxidation sites excluding steroid dienone is 1. The third-order valence-electron chi connectivity index (χ3n) is 2.71. The van der Waals surface area contributed by atoms with E-state index in [0.717, 1.165) is 0 Å². The van der Waals surface area contributed by atoms with E-state index in [4.69, 9.17) is 9.29 Å². The lowest BCUT2D eigenvalue weighted by Gasteiger charge is -2.09. The Bertz CT molecular complexity index is 628. The van der Waals surface area contributed by atoms with Gasteiger partial charge >= 0.3 is 5.97 Å². The first kappa shape index (κ1) is 12.8. The van der Waals surface area contributed by atoms with E-state index >= 15 is 0 Å². The molecule has 0 fully saturated rings. The standard InChI is InChI=1S/C12H12O5S/c1-2-17-18(15,16)11-5-3-4-8-9(11)6-7-10(8)12(13)14/h3-5,7H,2,6H2,1H3,(H,13,14). The Morgan fingerprint density at radius 3 is 2.78 bits per heavy atom. The second kappa shape index (κ2) is 4.55. The number of carbonyl (C=O) groups is 1. The smallest absolute Gasteiger partial charge is 0.335 e. The molecule has 0 atom stereocenters. The van der Waals surface area contributed by atoms with E-state index in [9.17, 15) is 13.2 Å². The van der Waals surface area contributed by atoms with E-state index in [2.05, 4.69) is 0 Å². The average Bonchev–Trinajstić information content (AvgIpc) is 2.71. The monoisotopic (exact) mass is 268 g/mol. The Morgan fingerprint density at radius 2 is 2.17 bits per heavy atom. The van der Waals surface area contributed by atoms with Crippen LogP contribution in [0.1, 0.15) is 18.1 Å². The number of carboxylic acids is 1. The summed E-state index contributed by atoms with van der Waals surface area (Å²) in [6.45, 7) is 1.63. The van der Waals surface area contributed by atoms with Gasteiger partial charge in [0.25, 0.3) is 10.1 Å². The minimum absolute atomic E-state index is 0.0468. The number of aliphatic carboxylic acids is 1. The van der Waals surface area contributed by atoms with Crippen LogP contribution in [-0.4, -0.2) is 26.1 Å². The molecule has 0 saturated heterocycles. The predicted octanol–water partition coefficient (Wildman–Crippen LogP) is 1.44. The molecular weight excluding hydrogens is 256 g/mol. The number of fused-ring (bicyclic) bond motifs is 1. The summed E-state index contributed by atoms with van der Waals surface area (Å²) in [5, 5.41) is 9.01. The molecule has 2 rings (SSSR count). The first-order chi connectivity index (χ1) is 8.47. The molecule has 0 saturated carbocycles. The maximum atomic E-state index is 11.9. The number of benzene rings is 1. The van der Waals surface area contributed by atoms with Crippen molar-refractivity contribution in [2.24, 2.45) is 0 Å². The number of carboxylic acid groups (broad SMARTS) is 1. The van der Waals surface area contributed by atoms with E-state index in [1.807, 2.05) is 0 Å². The van der Waals surface area contributed by atoms with Crippen LogP contribution in [0.15, 0.2) is 29.2 Å². The lowest BCUT2D eigenvalue weighted by molar-refractivity contribution is -0.130. The van der Waals surface area contributed by atoms with Gasteiger partial charge in [0, 0.05) is 0 Å². The van der Waals surface area contributed by atoms with E-state index in [1.54, 1.807) is 13.0 Å². The highest BCUT2D eigenvalue weighted by Crippen LogP contribution is 2.32. The summed E-state index contributed by atoms with van der Waals surface area (Å²) >= 11 is 0. The molecule has 0 bridgehead atoms. The Morgan fingerprint density at radius 1 is 1.44 bits per heavy atom. The highest BCUT2D eigenvalue weighted by atomic mass is 32.2. The second-order valence-corrected chi connectivity index (χ2v) is 5.35. The maximum Gasteiger partial charge on any atom is 0.335 e. The topological polar surface area (TPSA) is 80.7 Å². The summed E-state index contributed by atoms with van der Waals surface area (Å²) in [5.74, 6) is -1.06. The number of hydrogen-bond donors (Lipinski definition) is 1. The Hall–Kier alpha value is -1.66. The zero-order valence-electron chi connectivity index (χ0n) is 9.71. The molecule has 0 spiro atoms. The van der Waals surface area contributed by atoms with Crippen LogP contribution in [0.3, 0.4) is 0 Å². The van der Waals surface area contributed by atoms with Crippen LogP contribution in [0.2, 0.25) is 0 Å². The van der Waals surface area contributed by atoms with E-state index in [-0.39, 0.29) is 17.1 Å². The molecule has 1 aromatic carbocycles. The molecule has 1 N–H and O–H groups in total. The lowest BCUT2D eigenvalue weighted by Crippen LogP contribution is -2.09. The summed E-state index contributed by atoms with van der Waals surface area (Å²) in [6.07, 6.45) is 1.80. The van der Waals surface area contributed by atoms with Crippen molar-refractivity contribution in [2.75, 3.05) is 6.61 Å². The van der Waals surface area contributed by atoms with Gasteiger partial charge in [-0.2, -0.15) is 8.42 Å². The van der Waals surface area contributed by atoms with Crippen molar-refractivity contribution in [1.82, 2.24) is 0 Å². The minimum atomic E-state index is -3.81. The predicted molar refractivity (Wildman–Crippen MR) is 64.6 cm³/mol. The Kier molecular flexibility index (Phi) is 3.23. The summed E-state index contributed by atoms with van der Waals surface area (Å²) in [6, 6.07) is 4.56. The summed E-state index contributed by atoms with van der Waals surface area (Å²) in [4.78, 5) is 11.1. The quantitative estimate of drug-likeness (QED) is 0.836. The molecule has 0 unspecified atom stereocenters. The van der Waals surface area contributed by atoms with Crippen LogP contribution in [0, 0.1) is 0 Å². The van der Waals surface area contributed by atoms with Crippen LogP contribution < -0.4 is 0 Å². The van der Waals surface area contributed by atoms with Crippen molar-refractivity contribution >= 4 is 21.7 Å². The number of rotatable bonds is 4. The molecule has 0 aromatic heterocycles. The molecule has 18 heavy (non-hydrogen) atoms. The minimum Gasteiger partial charge on any atom is -0.478 e. The average molecular weight is 268 g/mol. The molecule has 6 heteroatoms. The highest BCUT2D eigenvalue weighted by molar-refractivity contribution is 7.86. The fourth-order valence-corrected chi connectivity index (χ4v) is 3.18. The normalized spacial score (nSPS) is 14.2. The zero-order chi connectivity index (χ0) is 13.3. The van der Waals surface area contributed by atoms with E-state index < -0.39 is 16.1 Å². The molecule has 1 aliphatic rings. The highest BCUT2D eigenvalue weighted by Gasteiger charge is 2.27. The van der Waals surface area contributed by atoms with Crippen molar-refractivity contribution < 1.29 is 22.5 Å². The van der Waals surface area contributed by atoms with E-state index in [1.165, 1.54) is 18.2 Å². The third kappa shape index (κ3) is 2.04. The van der Waals surface area contributed by atoms with Crippen LogP contribution >= 0.6 is 0 Å².